The van der Waals surface area contributed by atoms with Gasteiger partial charge in [0.2, 0.25) is 0 Å². The van der Waals surface area contributed by atoms with Gasteiger partial charge in [0.25, 0.3) is 0 Å². The molecule has 2 aromatic rings. The van der Waals surface area contributed by atoms with Gasteiger partial charge in [0.1, 0.15) is 11.5 Å². The normalized spacial score (nSPS) is 16.2. The molecule has 1 atom stereocenters. The van der Waals surface area contributed by atoms with Crippen molar-refractivity contribution in [3.8, 4) is 0 Å². The third-order valence-electron chi connectivity index (χ3n) is 3.19. The summed E-state index contributed by atoms with van der Waals surface area (Å²) in [5.41, 5.74) is 0. The minimum atomic E-state index is -1.13. The average molecular weight is 310 g/mol. The van der Waals surface area contributed by atoms with Crippen molar-refractivity contribution in [1.82, 2.24) is 5.32 Å². The van der Waals surface area contributed by atoms with Gasteiger partial charge >= 0.3 is 0 Å². The maximum absolute atomic E-state index is 12.2. The Morgan fingerprint density at radius 1 is 1.25 bits per heavy atom. The van der Waals surface area contributed by atoms with E-state index in [1.54, 1.807) is 12.1 Å². The summed E-state index contributed by atoms with van der Waals surface area (Å²) >= 11 is 5.91. The van der Waals surface area contributed by atoms with Crippen LogP contribution in [0.4, 0.5) is 0 Å². The second-order valence-corrected chi connectivity index (χ2v) is 6.86. The molecule has 1 aliphatic carbocycles. The Hall–Kier alpha value is -1.10. The summed E-state index contributed by atoms with van der Waals surface area (Å²) in [5, 5.41) is 3.99. The summed E-state index contributed by atoms with van der Waals surface area (Å²) < 4.78 is 17.9. The second kappa shape index (κ2) is 6.12. The van der Waals surface area contributed by atoms with Crippen LogP contribution in [0.1, 0.15) is 24.4 Å². The molecule has 1 aromatic heterocycles. The third-order valence-corrected chi connectivity index (χ3v) is 4.75. The van der Waals surface area contributed by atoms with Gasteiger partial charge in [0.15, 0.2) is 0 Å². The van der Waals surface area contributed by atoms with E-state index in [9.17, 15) is 4.21 Å². The molecule has 1 saturated carbocycles. The van der Waals surface area contributed by atoms with Crippen LogP contribution in [-0.4, -0.2) is 10.3 Å². The molecule has 1 fully saturated rings. The van der Waals surface area contributed by atoms with Crippen LogP contribution in [0.25, 0.3) is 0 Å². The summed E-state index contributed by atoms with van der Waals surface area (Å²) in [6, 6.07) is 11.6. The molecule has 1 aromatic carbocycles. The summed E-state index contributed by atoms with van der Waals surface area (Å²) in [4.78, 5) is 0.728. The Balaban J connectivity index is 1.60. The van der Waals surface area contributed by atoms with Crippen LogP contribution in [0.3, 0.4) is 0 Å². The molecular formula is C15H16ClNO2S. The highest BCUT2D eigenvalue weighted by atomic mass is 35.5. The van der Waals surface area contributed by atoms with Crippen molar-refractivity contribution >= 4 is 22.4 Å². The molecular weight excluding hydrogens is 294 g/mol. The van der Waals surface area contributed by atoms with E-state index in [2.05, 4.69) is 5.32 Å². The van der Waals surface area contributed by atoms with Crippen molar-refractivity contribution in [3.05, 3.63) is 52.9 Å². The standard InChI is InChI=1S/C15H16ClNO2S/c16-11-2-1-3-15(8-11)20(18)10-14-7-6-13(19-14)9-17-12-4-5-12/h1-3,6-8,12,17H,4-5,9-10H2. The number of furan rings is 1. The van der Waals surface area contributed by atoms with Gasteiger partial charge in [-0.3, -0.25) is 4.21 Å². The van der Waals surface area contributed by atoms with E-state index >= 15 is 0 Å². The smallest absolute Gasteiger partial charge is 0.118 e. The van der Waals surface area contributed by atoms with E-state index in [-0.39, 0.29) is 0 Å². The Labute approximate surface area is 125 Å². The summed E-state index contributed by atoms with van der Waals surface area (Å²) in [6.07, 6.45) is 2.51. The lowest BCUT2D eigenvalue weighted by atomic mass is 10.4. The quantitative estimate of drug-likeness (QED) is 0.888. The second-order valence-electron chi connectivity index (χ2n) is 4.97. The zero-order valence-electron chi connectivity index (χ0n) is 11.0. The van der Waals surface area contributed by atoms with E-state index < -0.39 is 10.8 Å². The number of halogens is 1. The van der Waals surface area contributed by atoms with Gasteiger partial charge in [0.05, 0.1) is 23.1 Å². The van der Waals surface area contributed by atoms with Crippen molar-refractivity contribution in [3.63, 3.8) is 0 Å². The molecule has 1 aliphatic rings. The molecule has 0 radical (unpaired) electrons. The highest BCUT2D eigenvalue weighted by molar-refractivity contribution is 7.84. The van der Waals surface area contributed by atoms with Gasteiger partial charge in [-0.15, -0.1) is 0 Å². The predicted molar refractivity (Wildman–Crippen MR) is 80.1 cm³/mol. The summed E-state index contributed by atoms with van der Waals surface area (Å²) in [6.45, 7) is 0.745. The highest BCUT2D eigenvalue weighted by Crippen LogP contribution is 2.21. The van der Waals surface area contributed by atoms with Gasteiger partial charge in [-0.25, -0.2) is 0 Å². The first-order valence-electron chi connectivity index (χ1n) is 6.65. The third kappa shape index (κ3) is 3.72. The molecule has 1 heterocycles. The average Bonchev–Trinajstić information content (AvgIpc) is 3.16. The lowest BCUT2D eigenvalue weighted by Gasteiger charge is -2.01. The maximum atomic E-state index is 12.2. The molecule has 0 bridgehead atoms. The monoisotopic (exact) mass is 309 g/mol. The molecule has 0 spiro atoms. The van der Waals surface area contributed by atoms with Crippen molar-refractivity contribution in [2.24, 2.45) is 0 Å². The number of hydrogen-bond donors (Lipinski definition) is 1. The van der Waals surface area contributed by atoms with Crippen molar-refractivity contribution in [1.29, 1.82) is 0 Å². The first-order chi connectivity index (χ1) is 9.70. The molecule has 0 amide bonds. The van der Waals surface area contributed by atoms with Gasteiger partial charge in [-0.05, 0) is 43.2 Å². The molecule has 3 nitrogen and oxygen atoms in total. The first kappa shape index (κ1) is 13.9. The molecule has 3 rings (SSSR count). The first-order valence-corrected chi connectivity index (χ1v) is 8.35. The van der Waals surface area contributed by atoms with Crippen LogP contribution in [0.5, 0.6) is 0 Å². The molecule has 0 saturated heterocycles. The Morgan fingerprint density at radius 2 is 2.05 bits per heavy atom. The molecule has 5 heteroatoms. The molecule has 106 valence electrons. The molecule has 20 heavy (non-hydrogen) atoms. The molecule has 0 aliphatic heterocycles. The van der Waals surface area contributed by atoms with Crippen LogP contribution in [-0.2, 0) is 23.1 Å². The maximum Gasteiger partial charge on any atom is 0.118 e. The zero-order chi connectivity index (χ0) is 13.9. The van der Waals surface area contributed by atoms with Crippen molar-refractivity contribution < 1.29 is 8.63 Å². The van der Waals surface area contributed by atoms with E-state index in [1.165, 1.54) is 12.8 Å². The number of hydrogen-bond acceptors (Lipinski definition) is 3. The number of benzene rings is 1. The van der Waals surface area contributed by atoms with Gasteiger partial charge in [0, 0.05) is 16.0 Å². The lowest BCUT2D eigenvalue weighted by Crippen LogP contribution is -2.14. The van der Waals surface area contributed by atoms with Crippen molar-refractivity contribution in [2.75, 3.05) is 0 Å². The van der Waals surface area contributed by atoms with Gasteiger partial charge in [-0.1, -0.05) is 17.7 Å². The molecule has 1 N–H and O–H groups in total. The lowest BCUT2D eigenvalue weighted by molar-refractivity contribution is 0.457. The minimum Gasteiger partial charge on any atom is -0.464 e. The van der Waals surface area contributed by atoms with Crippen LogP contribution < -0.4 is 5.32 Å². The van der Waals surface area contributed by atoms with Crippen LogP contribution >= 0.6 is 11.6 Å². The Morgan fingerprint density at radius 3 is 2.80 bits per heavy atom. The van der Waals surface area contributed by atoms with Gasteiger partial charge < -0.3 is 9.73 Å². The van der Waals surface area contributed by atoms with Gasteiger partial charge in [-0.2, -0.15) is 0 Å². The largest absolute Gasteiger partial charge is 0.464 e. The number of rotatable bonds is 6. The Bertz CT molecular complexity index is 622. The van der Waals surface area contributed by atoms with Crippen LogP contribution in [0.15, 0.2) is 45.7 Å². The SMILES string of the molecule is O=S(Cc1ccc(CNC2CC2)o1)c1cccc(Cl)c1. The van der Waals surface area contributed by atoms with Crippen LogP contribution in [0.2, 0.25) is 5.02 Å². The fraction of sp³-hybridized carbons (Fsp3) is 0.333. The summed E-state index contributed by atoms with van der Waals surface area (Å²) in [5.74, 6) is 2.02. The van der Waals surface area contributed by atoms with E-state index in [1.807, 2.05) is 24.3 Å². The zero-order valence-corrected chi connectivity index (χ0v) is 12.5. The fourth-order valence-electron chi connectivity index (χ4n) is 1.95. The van der Waals surface area contributed by atoms with E-state index in [0.717, 1.165) is 23.0 Å². The predicted octanol–water partition coefficient (Wildman–Crippen LogP) is 3.49. The number of nitrogens with one attached hydrogen (secondary N) is 1. The summed E-state index contributed by atoms with van der Waals surface area (Å²) in [7, 11) is -1.13. The van der Waals surface area contributed by atoms with E-state index in [0.29, 0.717) is 16.8 Å². The van der Waals surface area contributed by atoms with E-state index in [4.69, 9.17) is 16.0 Å². The Kier molecular flexibility index (Phi) is 4.24. The van der Waals surface area contributed by atoms with Crippen molar-refractivity contribution in [2.45, 2.75) is 36.1 Å². The topological polar surface area (TPSA) is 42.2 Å². The van der Waals surface area contributed by atoms with Crippen LogP contribution in [0, 0.1) is 0 Å². The fourth-order valence-corrected chi connectivity index (χ4v) is 3.27. The molecule has 1 unspecified atom stereocenters. The highest BCUT2D eigenvalue weighted by Gasteiger charge is 2.20. The minimum absolute atomic E-state index is 0.379.